The zero-order valence-corrected chi connectivity index (χ0v) is 10.4. The normalized spacial score (nSPS) is 8.95. The van der Waals surface area contributed by atoms with Crippen LogP contribution < -0.4 is 0 Å². The molecule has 1 aromatic carbocycles. The van der Waals surface area contributed by atoms with E-state index in [4.69, 9.17) is 5.53 Å². The minimum atomic E-state index is -0.831. The first-order valence-corrected chi connectivity index (χ1v) is 5.16. The number of azide groups is 1. The number of methoxy groups -OCH3 is 2. The molecule has 0 saturated carbocycles. The monoisotopic (exact) mass is 261 g/mol. The molecule has 7 nitrogen and oxygen atoms in total. The third-order valence-corrected chi connectivity index (χ3v) is 2.20. The van der Waals surface area contributed by atoms with Crippen LogP contribution in [-0.4, -0.2) is 26.2 Å². The van der Waals surface area contributed by atoms with Gasteiger partial charge in [-0.3, -0.25) is 0 Å². The van der Waals surface area contributed by atoms with Gasteiger partial charge in [0, 0.05) is 10.6 Å². The fraction of sp³-hybridized carbons (Fsp3) is 0.167. The van der Waals surface area contributed by atoms with E-state index in [1.807, 2.05) is 0 Å². The standard InChI is InChI=1S/C12H11N3O4/c1-18-11(16)9(12(17)19-2)7-8-5-3-4-6-10(8)14-15-13/h3-7H,1-2H3. The first kappa shape index (κ1) is 14.3. The van der Waals surface area contributed by atoms with Crippen molar-refractivity contribution in [1.29, 1.82) is 0 Å². The molecule has 0 heterocycles. The molecule has 0 atom stereocenters. The van der Waals surface area contributed by atoms with Crippen LogP contribution in [0.1, 0.15) is 5.56 Å². The van der Waals surface area contributed by atoms with Crippen LogP contribution in [0, 0.1) is 0 Å². The lowest BCUT2D eigenvalue weighted by molar-refractivity contribution is -0.143. The van der Waals surface area contributed by atoms with E-state index in [0.717, 1.165) is 14.2 Å². The molecule has 0 aliphatic carbocycles. The topological polar surface area (TPSA) is 101 Å². The van der Waals surface area contributed by atoms with E-state index in [1.54, 1.807) is 24.3 Å². The van der Waals surface area contributed by atoms with Crippen molar-refractivity contribution in [3.63, 3.8) is 0 Å². The third-order valence-electron chi connectivity index (χ3n) is 2.20. The number of carbonyl (C=O) groups excluding carboxylic acids is 2. The van der Waals surface area contributed by atoms with E-state index in [-0.39, 0.29) is 11.3 Å². The number of carbonyl (C=O) groups is 2. The van der Waals surface area contributed by atoms with Crippen LogP contribution in [-0.2, 0) is 19.1 Å². The van der Waals surface area contributed by atoms with Gasteiger partial charge in [-0.15, -0.1) is 0 Å². The van der Waals surface area contributed by atoms with Crippen molar-refractivity contribution in [3.8, 4) is 0 Å². The highest BCUT2D eigenvalue weighted by molar-refractivity contribution is 6.17. The van der Waals surface area contributed by atoms with Crippen LogP contribution >= 0.6 is 0 Å². The van der Waals surface area contributed by atoms with Gasteiger partial charge in [-0.1, -0.05) is 29.4 Å². The maximum absolute atomic E-state index is 11.5. The molecule has 0 bridgehead atoms. The Kier molecular flexibility index (Phi) is 5.13. The van der Waals surface area contributed by atoms with E-state index in [0.29, 0.717) is 5.56 Å². The Morgan fingerprint density at radius 1 is 1.21 bits per heavy atom. The Morgan fingerprint density at radius 2 is 1.79 bits per heavy atom. The summed E-state index contributed by atoms with van der Waals surface area (Å²) in [6, 6.07) is 6.49. The second-order valence-electron chi connectivity index (χ2n) is 3.29. The smallest absolute Gasteiger partial charge is 0.345 e. The predicted octanol–water partition coefficient (Wildman–Crippen LogP) is 2.36. The second kappa shape index (κ2) is 6.83. The minimum absolute atomic E-state index is 0.286. The molecule has 0 saturated heterocycles. The van der Waals surface area contributed by atoms with Crippen LogP contribution in [0.15, 0.2) is 35.0 Å². The van der Waals surface area contributed by atoms with Gasteiger partial charge in [-0.2, -0.15) is 0 Å². The summed E-state index contributed by atoms with van der Waals surface area (Å²) in [6.07, 6.45) is 1.25. The molecule has 0 spiro atoms. The van der Waals surface area contributed by atoms with Crippen molar-refractivity contribution in [2.45, 2.75) is 0 Å². The van der Waals surface area contributed by atoms with Gasteiger partial charge in [-0.05, 0) is 17.2 Å². The van der Waals surface area contributed by atoms with Gasteiger partial charge in [0.25, 0.3) is 0 Å². The lowest BCUT2D eigenvalue weighted by atomic mass is 10.1. The molecule has 0 aliphatic rings. The summed E-state index contributed by atoms with van der Waals surface area (Å²) in [5, 5.41) is 3.46. The SMILES string of the molecule is COC(=O)C(=Cc1ccccc1N=[N+]=[N-])C(=O)OC. The third kappa shape index (κ3) is 3.58. The van der Waals surface area contributed by atoms with E-state index in [9.17, 15) is 9.59 Å². The second-order valence-corrected chi connectivity index (χ2v) is 3.29. The van der Waals surface area contributed by atoms with Crippen LogP contribution in [0.2, 0.25) is 0 Å². The Balaban J connectivity index is 3.33. The molecule has 0 fully saturated rings. The van der Waals surface area contributed by atoms with Crippen molar-refractivity contribution >= 4 is 23.7 Å². The molecular formula is C12H11N3O4. The number of esters is 2. The van der Waals surface area contributed by atoms with Gasteiger partial charge in [0.05, 0.1) is 14.2 Å². The number of benzene rings is 1. The molecule has 0 aromatic heterocycles. The van der Waals surface area contributed by atoms with Gasteiger partial charge < -0.3 is 9.47 Å². The summed E-state index contributed by atoms with van der Waals surface area (Å²) in [7, 11) is 2.30. The molecule has 1 rings (SSSR count). The number of nitrogens with zero attached hydrogens (tertiary/aromatic N) is 3. The van der Waals surface area contributed by atoms with Crippen molar-refractivity contribution in [2.24, 2.45) is 5.11 Å². The maximum Gasteiger partial charge on any atom is 0.345 e. The van der Waals surface area contributed by atoms with E-state index >= 15 is 0 Å². The van der Waals surface area contributed by atoms with Crippen LogP contribution in [0.3, 0.4) is 0 Å². The van der Waals surface area contributed by atoms with E-state index in [1.165, 1.54) is 6.08 Å². The zero-order chi connectivity index (χ0) is 14.3. The van der Waals surface area contributed by atoms with E-state index < -0.39 is 11.9 Å². The van der Waals surface area contributed by atoms with Crippen LogP contribution in [0.25, 0.3) is 16.5 Å². The Bertz CT molecular complexity index is 556. The fourth-order valence-electron chi connectivity index (χ4n) is 1.33. The largest absolute Gasteiger partial charge is 0.465 e. The lowest BCUT2D eigenvalue weighted by Crippen LogP contribution is -2.15. The van der Waals surface area contributed by atoms with Gasteiger partial charge in [-0.25, -0.2) is 9.59 Å². The minimum Gasteiger partial charge on any atom is -0.465 e. The molecule has 0 unspecified atom stereocenters. The number of hydrogen-bond donors (Lipinski definition) is 0. The molecule has 0 aliphatic heterocycles. The van der Waals surface area contributed by atoms with Crippen molar-refractivity contribution in [3.05, 3.63) is 45.8 Å². The molecule has 19 heavy (non-hydrogen) atoms. The highest BCUT2D eigenvalue weighted by atomic mass is 16.5. The van der Waals surface area contributed by atoms with E-state index in [2.05, 4.69) is 19.5 Å². The summed E-state index contributed by atoms with van der Waals surface area (Å²) in [6.45, 7) is 0. The predicted molar refractivity (Wildman–Crippen MR) is 67.3 cm³/mol. The number of ether oxygens (including phenoxy) is 2. The molecule has 7 heteroatoms. The molecule has 98 valence electrons. The Morgan fingerprint density at radius 3 is 2.32 bits per heavy atom. The lowest BCUT2D eigenvalue weighted by Gasteiger charge is -2.04. The van der Waals surface area contributed by atoms with Crippen molar-refractivity contribution < 1.29 is 19.1 Å². The van der Waals surface area contributed by atoms with Gasteiger partial charge in [0.2, 0.25) is 0 Å². The molecule has 0 N–H and O–H groups in total. The Hall–Kier alpha value is -2.79. The average Bonchev–Trinajstić information content (AvgIpc) is 2.45. The average molecular weight is 261 g/mol. The Labute approximate surface area is 109 Å². The summed E-state index contributed by atoms with van der Waals surface area (Å²) >= 11 is 0. The van der Waals surface area contributed by atoms with Crippen LogP contribution in [0.5, 0.6) is 0 Å². The summed E-state index contributed by atoms with van der Waals surface area (Å²) in [5.74, 6) is -1.66. The van der Waals surface area contributed by atoms with Crippen molar-refractivity contribution in [1.82, 2.24) is 0 Å². The number of hydrogen-bond acceptors (Lipinski definition) is 5. The highest BCUT2D eigenvalue weighted by Crippen LogP contribution is 2.22. The van der Waals surface area contributed by atoms with Gasteiger partial charge in [0.1, 0.15) is 5.57 Å². The molecular weight excluding hydrogens is 250 g/mol. The molecule has 0 radical (unpaired) electrons. The molecule has 0 amide bonds. The quantitative estimate of drug-likeness (QED) is 0.158. The van der Waals surface area contributed by atoms with Gasteiger partial charge in [0.15, 0.2) is 0 Å². The molecule has 1 aromatic rings. The summed E-state index contributed by atoms with van der Waals surface area (Å²) in [4.78, 5) is 25.6. The zero-order valence-electron chi connectivity index (χ0n) is 10.4. The fourth-order valence-corrected chi connectivity index (χ4v) is 1.33. The maximum atomic E-state index is 11.5. The number of rotatable bonds is 4. The highest BCUT2D eigenvalue weighted by Gasteiger charge is 2.19. The summed E-state index contributed by atoms with van der Waals surface area (Å²) in [5.41, 5.74) is 8.85. The van der Waals surface area contributed by atoms with Gasteiger partial charge >= 0.3 is 11.9 Å². The first-order chi connectivity index (χ1) is 9.13. The van der Waals surface area contributed by atoms with Crippen LogP contribution in [0.4, 0.5) is 5.69 Å². The van der Waals surface area contributed by atoms with Crippen molar-refractivity contribution in [2.75, 3.05) is 14.2 Å². The first-order valence-electron chi connectivity index (χ1n) is 5.16. The summed E-state index contributed by atoms with van der Waals surface area (Å²) < 4.78 is 8.99.